The fraction of sp³-hybridized carbons (Fsp3) is 0.0392. The number of anilines is 7. The number of nitrogens with two attached hydrogens (primary N) is 1. The Morgan fingerprint density at radius 2 is 0.985 bits per heavy atom. The monoisotopic (exact) mass is 952 g/mol. The van der Waals surface area contributed by atoms with Crippen LogP contribution in [-0.4, -0.2) is 41.9 Å². The molecule has 0 bridgehead atoms. The minimum absolute atomic E-state index is 0. The van der Waals surface area contributed by atoms with Crippen LogP contribution in [-0.2, 0) is 33.1 Å². The first-order valence-electron chi connectivity index (χ1n) is 20.4. The molecule has 340 valence electrons. The molecule has 0 heterocycles. The first-order chi connectivity index (χ1) is 31.6. The number of aliphatic imine (C=N–C) groups is 1. The number of phenols is 2. The van der Waals surface area contributed by atoms with Crippen LogP contribution in [0.3, 0.4) is 0 Å². The summed E-state index contributed by atoms with van der Waals surface area (Å²) in [4.78, 5) is 4.00. The van der Waals surface area contributed by atoms with Gasteiger partial charge in [-0.15, -0.1) is 0 Å². The highest BCUT2D eigenvalue weighted by atomic mass is 35.5. The van der Waals surface area contributed by atoms with E-state index in [9.17, 15) is 36.2 Å². The van der Waals surface area contributed by atoms with Crippen LogP contribution in [0, 0.1) is 0 Å². The molecule has 0 radical (unpaired) electrons. The Morgan fingerprint density at radius 1 is 0.522 bits per heavy atom. The number of nitrogen functional groups attached to an aromatic ring is 1. The number of hydrogen-bond acceptors (Lipinski definition) is 11. The number of halogens is 1. The van der Waals surface area contributed by atoms with Crippen molar-refractivity contribution >= 4 is 77.5 Å². The average molecular weight is 954 g/mol. The fourth-order valence-electron chi connectivity index (χ4n) is 7.16. The van der Waals surface area contributed by atoms with E-state index in [0.29, 0.717) is 23.4 Å². The third-order valence-corrected chi connectivity index (χ3v) is 12.3. The maximum atomic E-state index is 12.3. The van der Waals surface area contributed by atoms with Crippen LogP contribution in [0.15, 0.2) is 196 Å². The van der Waals surface area contributed by atoms with E-state index < -0.39 is 25.1 Å². The molecule has 67 heavy (non-hydrogen) atoms. The summed E-state index contributed by atoms with van der Waals surface area (Å²) in [5.74, 6) is -0.417. The Labute approximate surface area is 394 Å². The van der Waals surface area contributed by atoms with Gasteiger partial charge in [0.25, 0.3) is 20.2 Å². The van der Waals surface area contributed by atoms with Gasteiger partial charge in [0.15, 0.2) is 0 Å². The molecule has 16 heteroatoms. The molecule has 1 aliphatic carbocycles. The van der Waals surface area contributed by atoms with E-state index in [4.69, 9.17) is 10.7 Å². The van der Waals surface area contributed by atoms with Gasteiger partial charge in [0.2, 0.25) is 0 Å². The lowest BCUT2D eigenvalue weighted by molar-refractivity contribution is -0.0000230. The highest BCUT2D eigenvalue weighted by Gasteiger charge is 2.21. The lowest BCUT2D eigenvalue weighted by Gasteiger charge is -2.14. The van der Waals surface area contributed by atoms with E-state index in [1.165, 1.54) is 12.1 Å². The van der Waals surface area contributed by atoms with E-state index in [2.05, 4.69) is 22.0 Å². The SMILES string of the molecule is Nc1cc(S(=O)(=O)O)c(Nc2ccc(Cc3ccc(N=C4C=CC(=Cc5ccc(Nc6ccc(Cc7cc(S(=O)(=O)O)c(Nc8ccccc8)cc7O)cc6)cc5)C=C4)cc3)cc2)cc1O.[Cl-]. The van der Waals surface area contributed by atoms with Crippen LogP contribution < -0.4 is 34.1 Å². The van der Waals surface area contributed by atoms with E-state index >= 15 is 0 Å². The smallest absolute Gasteiger partial charge is 0.296 e. The Hall–Kier alpha value is -7.66. The summed E-state index contributed by atoms with van der Waals surface area (Å²) in [6.07, 6.45) is 10.9. The van der Waals surface area contributed by atoms with Gasteiger partial charge in [-0.05, 0) is 131 Å². The zero-order valence-corrected chi connectivity index (χ0v) is 37.8. The van der Waals surface area contributed by atoms with E-state index in [1.807, 2.05) is 115 Å². The molecule has 7 aromatic rings. The van der Waals surface area contributed by atoms with Gasteiger partial charge >= 0.3 is 0 Å². The van der Waals surface area contributed by atoms with Gasteiger partial charge in [0, 0.05) is 41.3 Å². The molecule has 7 aromatic carbocycles. The number of rotatable bonds is 14. The first-order valence-corrected chi connectivity index (χ1v) is 23.3. The number of aromatic hydroxyl groups is 2. The average Bonchev–Trinajstić information content (AvgIpc) is 3.28. The Morgan fingerprint density at radius 3 is 1.54 bits per heavy atom. The molecule has 0 amide bonds. The zero-order chi connectivity index (χ0) is 46.4. The third kappa shape index (κ3) is 12.4. The van der Waals surface area contributed by atoms with Gasteiger partial charge in [-0.3, -0.25) is 9.11 Å². The molecule has 0 saturated heterocycles. The highest BCUT2D eigenvalue weighted by Crippen LogP contribution is 2.35. The van der Waals surface area contributed by atoms with E-state index in [-0.39, 0.29) is 52.3 Å². The van der Waals surface area contributed by atoms with Crippen molar-refractivity contribution in [2.24, 2.45) is 4.99 Å². The highest BCUT2D eigenvalue weighted by molar-refractivity contribution is 7.86. The van der Waals surface area contributed by atoms with Crippen molar-refractivity contribution in [1.82, 2.24) is 0 Å². The molecular formula is C51H43ClN5O8S2-. The van der Waals surface area contributed by atoms with E-state index in [0.717, 1.165) is 62.7 Å². The minimum atomic E-state index is -4.59. The fourth-order valence-corrected chi connectivity index (χ4v) is 8.51. The molecule has 9 N–H and O–H groups in total. The number of benzene rings is 7. The molecular weight excluding hydrogens is 910 g/mol. The molecule has 0 aliphatic heterocycles. The summed E-state index contributed by atoms with van der Waals surface area (Å²) >= 11 is 0. The van der Waals surface area contributed by atoms with Gasteiger partial charge in [-0.2, -0.15) is 16.8 Å². The van der Waals surface area contributed by atoms with E-state index in [1.54, 1.807) is 36.4 Å². The van der Waals surface area contributed by atoms with Crippen molar-refractivity contribution in [2.75, 3.05) is 21.7 Å². The third-order valence-electron chi connectivity index (χ3n) is 10.5. The molecule has 8 rings (SSSR count). The van der Waals surface area contributed by atoms with Gasteiger partial charge in [-0.25, -0.2) is 4.99 Å². The van der Waals surface area contributed by atoms with Gasteiger partial charge in [0.1, 0.15) is 21.3 Å². The summed E-state index contributed by atoms with van der Waals surface area (Å²) < 4.78 is 67.8. The lowest BCUT2D eigenvalue weighted by Crippen LogP contribution is -3.00. The van der Waals surface area contributed by atoms with Crippen LogP contribution in [0.4, 0.5) is 45.5 Å². The second-order valence-electron chi connectivity index (χ2n) is 15.5. The maximum Gasteiger partial charge on any atom is 0.296 e. The first kappa shape index (κ1) is 47.3. The number of nitrogens with one attached hydrogen (secondary N) is 3. The largest absolute Gasteiger partial charge is 1.00 e. The van der Waals surface area contributed by atoms with Crippen LogP contribution in [0.2, 0.25) is 0 Å². The molecule has 0 saturated carbocycles. The van der Waals surface area contributed by atoms with Crippen molar-refractivity contribution in [3.8, 4) is 11.5 Å². The Balaban J connectivity index is 0.00000666. The normalized spacial score (nSPS) is 12.3. The molecule has 0 atom stereocenters. The second kappa shape index (κ2) is 20.2. The predicted molar refractivity (Wildman–Crippen MR) is 261 cm³/mol. The molecule has 0 fully saturated rings. The quantitative estimate of drug-likeness (QED) is 0.0296. The zero-order valence-electron chi connectivity index (χ0n) is 35.4. The summed E-state index contributed by atoms with van der Waals surface area (Å²) in [6, 6.07) is 44.5. The van der Waals surface area contributed by atoms with Crippen molar-refractivity contribution in [3.63, 3.8) is 0 Å². The van der Waals surface area contributed by atoms with Crippen molar-refractivity contribution in [3.05, 3.63) is 209 Å². The maximum absolute atomic E-state index is 12.3. The van der Waals surface area contributed by atoms with Crippen LogP contribution in [0.25, 0.3) is 6.08 Å². The van der Waals surface area contributed by atoms with Crippen LogP contribution >= 0.6 is 0 Å². The molecule has 0 aromatic heterocycles. The molecule has 1 aliphatic rings. The van der Waals surface area contributed by atoms with Crippen molar-refractivity contribution < 1.29 is 48.6 Å². The van der Waals surface area contributed by atoms with Crippen LogP contribution in [0.5, 0.6) is 11.5 Å². The molecule has 0 unspecified atom stereocenters. The van der Waals surface area contributed by atoms with Crippen LogP contribution in [0.1, 0.15) is 27.8 Å². The van der Waals surface area contributed by atoms with Crippen molar-refractivity contribution in [2.45, 2.75) is 22.6 Å². The van der Waals surface area contributed by atoms with Gasteiger partial charge < -0.3 is 44.3 Å². The number of nitrogens with zero attached hydrogens (tertiary/aromatic N) is 1. The van der Waals surface area contributed by atoms with Gasteiger partial charge in [0.05, 0.1) is 28.5 Å². The standard InChI is InChI=1S/C51H43N5O8S2.ClH/c52-45-30-51(66(62,63)64)47(32-49(45)58)56-44-24-12-36(13-25-44)27-35-10-18-41(19-11-35)53-40-16-6-33(7-17-40)26-34-8-20-42(21-9-34)54-43-22-14-37(15-23-43)28-38-29-50(65(59,60)61)46(31-48(38)57)55-39-4-2-1-3-5-39;/h1-26,29-32,54-58H,27-28,52H2,(H,59,60,61)(H,62,63,64);1H/p-1. The number of para-hydroxylation sites is 1. The Bertz CT molecular complexity index is 3250. The molecule has 13 nitrogen and oxygen atoms in total. The molecule has 0 spiro atoms. The number of hydrogen-bond donors (Lipinski definition) is 8. The second-order valence-corrected chi connectivity index (χ2v) is 18.2. The van der Waals surface area contributed by atoms with Crippen molar-refractivity contribution in [1.29, 1.82) is 0 Å². The summed E-state index contributed by atoms with van der Waals surface area (Å²) in [7, 11) is -9.17. The Kier molecular flexibility index (Phi) is 14.3. The number of allylic oxidation sites excluding steroid dienone is 5. The minimum Gasteiger partial charge on any atom is -1.00 e. The summed E-state index contributed by atoms with van der Waals surface area (Å²) in [6.45, 7) is 0. The predicted octanol–water partition coefficient (Wildman–Crippen LogP) is 7.87. The summed E-state index contributed by atoms with van der Waals surface area (Å²) in [5.41, 5.74) is 15.3. The lowest BCUT2D eigenvalue weighted by atomic mass is 10.0. The van der Waals surface area contributed by atoms with Gasteiger partial charge in [-0.1, -0.05) is 78.9 Å². The number of phenolic OH excluding ortho intramolecular Hbond substituents is 2. The topological polar surface area (TPSA) is 224 Å². The summed E-state index contributed by atoms with van der Waals surface area (Å²) in [5, 5.41) is 30.0.